The van der Waals surface area contributed by atoms with Crippen LogP contribution in [0.3, 0.4) is 0 Å². The van der Waals surface area contributed by atoms with Crippen molar-refractivity contribution in [3.05, 3.63) is 70.6 Å². The molecule has 1 fully saturated rings. The molecule has 2 aromatic carbocycles. The molecule has 5 nitrogen and oxygen atoms in total. The van der Waals surface area contributed by atoms with Crippen molar-refractivity contribution >= 4 is 11.0 Å². The predicted molar refractivity (Wildman–Crippen MR) is 90.6 cm³/mol. The van der Waals surface area contributed by atoms with Crippen LogP contribution in [0.15, 0.2) is 63.8 Å². The minimum atomic E-state index is -0.263. The molecule has 0 radical (unpaired) electrons. The molecule has 1 aliphatic heterocycles. The highest BCUT2D eigenvalue weighted by Gasteiger charge is 2.20. The molecule has 1 atom stereocenters. The second-order valence-corrected chi connectivity index (χ2v) is 5.62. The Balaban J connectivity index is 1.79. The Morgan fingerprint density at radius 2 is 1.96 bits per heavy atom. The van der Waals surface area contributed by atoms with Crippen LogP contribution in [-0.2, 0) is 4.74 Å². The summed E-state index contributed by atoms with van der Waals surface area (Å²) in [5.74, 6) is 1.72. The lowest BCUT2D eigenvalue weighted by Crippen LogP contribution is -2.33. The van der Waals surface area contributed by atoms with Crippen molar-refractivity contribution in [2.75, 3.05) is 19.7 Å². The highest BCUT2D eigenvalue weighted by atomic mass is 16.5. The first kappa shape index (κ1) is 14.9. The Bertz CT molecular complexity index is 898. The fraction of sp³-hybridized carbons (Fsp3) is 0.211. The van der Waals surface area contributed by atoms with Crippen molar-refractivity contribution in [3.63, 3.8) is 0 Å². The summed E-state index contributed by atoms with van der Waals surface area (Å²) in [4.78, 5) is 12.5. The van der Waals surface area contributed by atoms with Gasteiger partial charge in [-0.15, -0.1) is 0 Å². The fourth-order valence-electron chi connectivity index (χ4n) is 2.77. The van der Waals surface area contributed by atoms with Crippen LogP contribution in [0.5, 0.6) is 11.5 Å². The normalized spacial score (nSPS) is 17.8. The number of para-hydroxylation sites is 2. The zero-order chi connectivity index (χ0) is 16.4. The zero-order valence-electron chi connectivity index (χ0n) is 13.0. The second kappa shape index (κ2) is 6.47. The molecule has 5 heteroatoms. The molecule has 1 unspecified atom stereocenters. The maximum atomic E-state index is 12.5. The first-order valence-corrected chi connectivity index (χ1v) is 7.93. The topological polar surface area (TPSA) is 60.7 Å². The van der Waals surface area contributed by atoms with Gasteiger partial charge in [0.1, 0.15) is 17.6 Å². The highest BCUT2D eigenvalue weighted by Crippen LogP contribution is 2.31. The SMILES string of the molecule is O=c1cc(C2CNCCO2)oc2c(Oc3ccccc3)cccc12. The number of nitrogens with one attached hydrogen (secondary N) is 1. The van der Waals surface area contributed by atoms with Crippen LogP contribution in [0.1, 0.15) is 11.9 Å². The van der Waals surface area contributed by atoms with E-state index in [-0.39, 0.29) is 11.5 Å². The molecule has 0 amide bonds. The fourth-order valence-corrected chi connectivity index (χ4v) is 2.77. The quantitative estimate of drug-likeness (QED) is 0.802. The summed E-state index contributed by atoms with van der Waals surface area (Å²) >= 11 is 0. The lowest BCUT2D eigenvalue weighted by atomic mass is 10.1. The van der Waals surface area contributed by atoms with Crippen molar-refractivity contribution in [3.8, 4) is 11.5 Å². The van der Waals surface area contributed by atoms with E-state index in [2.05, 4.69) is 5.32 Å². The summed E-state index contributed by atoms with van der Waals surface area (Å²) < 4.78 is 17.6. The van der Waals surface area contributed by atoms with E-state index in [4.69, 9.17) is 13.9 Å². The maximum absolute atomic E-state index is 12.5. The van der Waals surface area contributed by atoms with Gasteiger partial charge in [0.25, 0.3) is 0 Å². The van der Waals surface area contributed by atoms with Crippen LogP contribution < -0.4 is 15.5 Å². The average molecular weight is 323 g/mol. The second-order valence-electron chi connectivity index (χ2n) is 5.62. The number of hydrogen-bond acceptors (Lipinski definition) is 5. The van der Waals surface area contributed by atoms with Crippen molar-refractivity contribution < 1.29 is 13.9 Å². The molecule has 1 aliphatic rings. The highest BCUT2D eigenvalue weighted by molar-refractivity contribution is 5.82. The van der Waals surface area contributed by atoms with Gasteiger partial charge in [-0.2, -0.15) is 0 Å². The first-order valence-electron chi connectivity index (χ1n) is 7.93. The maximum Gasteiger partial charge on any atom is 0.193 e. The van der Waals surface area contributed by atoms with Gasteiger partial charge in [-0.3, -0.25) is 4.79 Å². The van der Waals surface area contributed by atoms with E-state index in [0.717, 1.165) is 6.54 Å². The van der Waals surface area contributed by atoms with E-state index >= 15 is 0 Å². The van der Waals surface area contributed by atoms with E-state index in [0.29, 0.717) is 41.4 Å². The summed E-state index contributed by atoms with van der Waals surface area (Å²) in [6, 6.07) is 16.2. The molecule has 2 heterocycles. The molecule has 1 saturated heterocycles. The Morgan fingerprint density at radius 3 is 2.75 bits per heavy atom. The summed E-state index contributed by atoms with van der Waals surface area (Å²) in [7, 11) is 0. The van der Waals surface area contributed by atoms with Gasteiger partial charge in [-0.1, -0.05) is 24.3 Å². The molecule has 0 saturated carbocycles. The Morgan fingerprint density at radius 1 is 1.08 bits per heavy atom. The summed E-state index contributed by atoms with van der Waals surface area (Å²) in [5.41, 5.74) is 0.344. The number of morpholine rings is 1. The van der Waals surface area contributed by atoms with Crippen LogP contribution in [0.25, 0.3) is 11.0 Å². The van der Waals surface area contributed by atoms with Crippen molar-refractivity contribution in [2.45, 2.75) is 6.10 Å². The minimum Gasteiger partial charge on any atom is -0.454 e. The van der Waals surface area contributed by atoms with Crippen LogP contribution in [0, 0.1) is 0 Å². The van der Waals surface area contributed by atoms with Crippen molar-refractivity contribution in [2.24, 2.45) is 0 Å². The van der Waals surface area contributed by atoms with Gasteiger partial charge in [0.2, 0.25) is 0 Å². The van der Waals surface area contributed by atoms with Gasteiger partial charge in [0.15, 0.2) is 16.8 Å². The average Bonchev–Trinajstić information content (AvgIpc) is 2.64. The molecule has 24 heavy (non-hydrogen) atoms. The van der Waals surface area contributed by atoms with E-state index in [1.807, 2.05) is 30.3 Å². The Labute approximate surface area is 138 Å². The number of ether oxygens (including phenoxy) is 2. The summed E-state index contributed by atoms with van der Waals surface area (Å²) in [5, 5.41) is 3.73. The minimum absolute atomic E-state index is 0.0982. The number of rotatable bonds is 3. The predicted octanol–water partition coefficient (Wildman–Crippen LogP) is 3.25. The third-order valence-electron chi connectivity index (χ3n) is 3.95. The summed E-state index contributed by atoms with van der Waals surface area (Å²) in [6.45, 7) is 2.02. The smallest absolute Gasteiger partial charge is 0.193 e. The van der Waals surface area contributed by atoms with E-state index in [1.54, 1.807) is 18.2 Å². The first-order chi connectivity index (χ1) is 11.8. The number of benzene rings is 2. The molecule has 0 bridgehead atoms. The zero-order valence-corrected chi connectivity index (χ0v) is 13.0. The van der Waals surface area contributed by atoms with Gasteiger partial charge in [-0.25, -0.2) is 0 Å². The molecular weight excluding hydrogens is 306 g/mol. The lowest BCUT2D eigenvalue weighted by molar-refractivity contribution is 0.0144. The molecule has 122 valence electrons. The van der Waals surface area contributed by atoms with Gasteiger partial charge >= 0.3 is 0 Å². The number of fused-ring (bicyclic) bond motifs is 1. The van der Waals surface area contributed by atoms with Gasteiger partial charge in [0, 0.05) is 19.2 Å². The van der Waals surface area contributed by atoms with Crippen LogP contribution in [0.2, 0.25) is 0 Å². The van der Waals surface area contributed by atoms with Crippen LogP contribution >= 0.6 is 0 Å². The van der Waals surface area contributed by atoms with E-state index in [9.17, 15) is 4.79 Å². The molecule has 1 aromatic heterocycles. The van der Waals surface area contributed by atoms with Gasteiger partial charge in [0.05, 0.1) is 12.0 Å². The molecule has 0 aliphatic carbocycles. The number of hydrogen-bond donors (Lipinski definition) is 1. The molecular formula is C19H17NO4. The molecule has 1 N–H and O–H groups in total. The third-order valence-corrected chi connectivity index (χ3v) is 3.95. The Kier molecular flexibility index (Phi) is 4.02. The van der Waals surface area contributed by atoms with Crippen LogP contribution in [0.4, 0.5) is 0 Å². The largest absolute Gasteiger partial charge is 0.454 e. The standard InChI is InChI=1S/C19H17NO4/c21-15-11-17(18-12-20-9-10-22-18)24-19-14(15)7-4-8-16(19)23-13-5-2-1-3-6-13/h1-8,11,18,20H,9-10,12H2. The lowest BCUT2D eigenvalue weighted by Gasteiger charge is -2.22. The van der Waals surface area contributed by atoms with E-state index < -0.39 is 0 Å². The van der Waals surface area contributed by atoms with Crippen LogP contribution in [-0.4, -0.2) is 19.7 Å². The summed E-state index contributed by atoms with van der Waals surface area (Å²) in [6.07, 6.45) is -0.263. The molecule has 3 aromatic rings. The van der Waals surface area contributed by atoms with Gasteiger partial charge < -0.3 is 19.2 Å². The third kappa shape index (κ3) is 2.91. The van der Waals surface area contributed by atoms with Crippen molar-refractivity contribution in [1.82, 2.24) is 5.32 Å². The molecule has 4 rings (SSSR count). The van der Waals surface area contributed by atoms with E-state index in [1.165, 1.54) is 6.07 Å². The van der Waals surface area contributed by atoms with Crippen molar-refractivity contribution in [1.29, 1.82) is 0 Å². The molecule has 0 spiro atoms. The Hall–Kier alpha value is -2.63. The monoisotopic (exact) mass is 323 g/mol. The van der Waals surface area contributed by atoms with Gasteiger partial charge in [-0.05, 0) is 24.3 Å².